The summed E-state index contributed by atoms with van der Waals surface area (Å²) in [7, 11) is 0. The number of carbonyl (C=O) groups is 2. The number of halogens is 3. The molecule has 144 valence electrons. The van der Waals surface area contributed by atoms with E-state index in [-0.39, 0.29) is 24.6 Å². The van der Waals surface area contributed by atoms with E-state index >= 15 is 0 Å². The predicted molar refractivity (Wildman–Crippen MR) is 94.8 cm³/mol. The van der Waals surface area contributed by atoms with Gasteiger partial charge in [-0.25, -0.2) is 4.98 Å². The molecule has 2 heterocycles. The Balaban J connectivity index is 1.66. The van der Waals surface area contributed by atoms with Gasteiger partial charge in [0, 0.05) is 31.7 Å². The van der Waals surface area contributed by atoms with Gasteiger partial charge in [0.05, 0.1) is 16.3 Å². The van der Waals surface area contributed by atoms with Gasteiger partial charge < -0.3 is 9.80 Å². The highest BCUT2D eigenvalue weighted by Gasteiger charge is 2.32. The van der Waals surface area contributed by atoms with Crippen LogP contribution in [-0.4, -0.2) is 52.8 Å². The quantitative estimate of drug-likeness (QED) is 0.781. The molecule has 0 unspecified atom stereocenters. The van der Waals surface area contributed by atoms with Crippen molar-refractivity contribution in [2.24, 2.45) is 0 Å². The molecule has 0 N–H and O–H groups in total. The first kappa shape index (κ1) is 19.3. The fourth-order valence-corrected chi connectivity index (χ4v) is 3.88. The second-order valence-electron chi connectivity index (χ2n) is 6.31. The normalized spacial score (nSPS) is 15.1. The van der Waals surface area contributed by atoms with Crippen molar-refractivity contribution in [3.05, 3.63) is 51.0 Å². The Labute approximate surface area is 158 Å². The number of thiazole rings is 1. The summed E-state index contributed by atoms with van der Waals surface area (Å²) in [6.45, 7) is 4.83. The number of benzene rings is 1. The van der Waals surface area contributed by atoms with Crippen LogP contribution in [0.3, 0.4) is 0 Å². The van der Waals surface area contributed by atoms with Gasteiger partial charge in [-0.05, 0) is 32.0 Å². The van der Waals surface area contributed by atoms with Crippen molar-refractivity contribution < 1.29 is 22.8 Å². The Morgan fingerprint density at radius 2 is 1.63 bits per heavy atom. The number of piperazine rings is 1. The highest BCUT2D eigenvalue weighted by Crippen LogP contribution is 2.30. The Hall–Kier alpha value is -2.42. The summed E-state index contributed by atoms with van der Waals surface area (Å²) < 4.78 is 38.5. The van der Waals surface area contributed by atoms with Gasteiger partial charge in [-0.1, -0.05) is 6.07 Å². The van der Waals surface area contributed by atoms with Gasteiger partial charge in [-0.2, -0.15) is 13.2 Å². The van der Waals surface area contributed by atoms with E-state index in [4.69, 9.17) is 0 Å². The SMILES string of the molecule is Cc1nc(C)c(C(=O)N2CCN(C(=O)c3cccc(C(F)(F)F)c3)CC2)s1. The van der Waals surface area contributed by atoms with E-state index in [2.05, 4.69) is 4.98 Å². The largest absolute Gasteiger partial charge is 0.416 e. The lowest BCUT2D eigenvalue weighted by Gasteiger charge is -2.34. The maximum absolute atomic E-state index is 12.8. The summed E-state index contributed by atoms with van der Waals surface area (Å²) >= 11 is 1.33. The van der Waals surface area contributed by atoms with Gasteiger partial charge in [0.2, 0.25) is 0 Å². The predicted octanol–water partition coefficient (Wildman–Crippen LogP) is 3.38. The molecule has 0 radical (unpaired) electrons. The molecule has 0 aliphatic carbocycles. The zero-order valence-corrected chi connectivity index (χ0v) is 15.7. The maximum atomic E-state index is 12.8. The molecular formula is C18H18F3N3O2S. The van der Waals surface area contributed by atoms with E-state index in [1.54, 1.807) is 11.8 Å². The molecule has 0 atom stereocenters. The van der Waals surface area contributed by atoms with Crippen molar-refractivity contribution >= 4 is 23.2 Å². The smallest absolute Gasteiger partial charge is 0.335 e. The highest BCUT2D eigenvalue weighted by molar-refractivity contribution is 7.13. The third-order valence-corrected chi connectivity index (χ3v) is 5.45. The van der Waals surface area contributed by atoms with Crippen molar-refractivity contribution in [2.45, 2.75) is 20.0 Å². The molecule has 1 fully saturated rings. The van der Waals surface area contributed by atoms with Crippen LogP contribution in [0.5, 0.6) is 0 Å². The minimum Gasteiger partial charge on any atom is -0.335 e. The Kier molecular flexibility index (Phi) is 5.23. The molecule has 9 heteroatoms. The summed E-state index contributed by atoms with van der Waals surface area (Å²) in [6, 6.07) is 4.40. The van der Waals surface area contributed by atoms with Gasteiger partial charge >= 0.3 is 6.18 Å². The van der Waals surface area contributed by atoms with Crippen LogP contribution < -0.4 is 0 Å². The molecule has 1 saturated heterocycles. The number of aromatic nitrogens is 1. The van der Waals surface area contributed by atoms with E-state index in [0.717, 1.165) is 17.1 Å². The van der Waals surface area contributed by atoms with Crippen molar-refractivity contribution in [1.29, 1.82) is 0 Å². The molecule has 27 heavy (non-hydrogen) atoms. The van der Waals surface area contributed by atoms with Crippen LogP contribution in [0.15, 0.2) is 24.3 Å². The number of aryl methyl sites for hydroxylation is 2. The first-order valence-electron chi connectivity index (χ1n) is 8.36. The standard InChI is InChI=1S/C18H18F3N3O2S/c1-11-15(27-12(2)22-11)17(26)24-8-6-23(7-9-24)16(25)13-4-3-5-14(10-13)18(19,20)21/h3-5,10H,6-9H2,1-2H3. The van der Waals surface area contributed by atoms with Crippen LogP contribution in [0.1, 0.15) is 36.3 Å². The topological polar surface area (TPSA) is 53.5 Å². The van der Waals surface area contributed by atoms with E-state index in [0.29, 0.717) is 23.7 Å². The fraction of sp³-hybridized carbons (Fsp3) is 0.389. The molecule has 1 aromatic carbocycles. The van der Waals surface area contributed by atoms with Crippen molar-refractivity contribution in [3.8, 4) is 0 Å². The lowest BCUT2D eigenvalue weighted by atomic mass is 10.1. The van der Waals surface area contributed by atoms with E-state index < -0.39 is 17.6 Å². The number of hydrogen-bond donors (Lipinski definition) is 0. The van der Waals surface area contributed by atoms with Crippen molar-refractivity contribution in [2.75, 3.05) is 26.2 Å². The summed E-state index contributed by atoms with van der Waals surface area (Å²) in [4.78, 5) is 33.1. The molecule has 2 aromatic rings. The molecule has 0 spiro atoms. The lowest BCUT2D eigenvalue weighted by Crippen LogP contribution is -2.50. The third kappa shape index (κ3) is 4.13. The minimum absolute atomic E-state index is 0.00136. The molecule has 5 nitrogen and oxygen atoms in total. The van der Waals surface area contributed by atoms with Crippen LogP contribution in [0.25, 0.3) is 0 Å². The number of nitrogens with zero attached hydrogens (tertiary/aromatic N) is 3. The number of alkyl halides is 3. The summed E-state index contributed by atoms with van der Waals surface area (Å²) in [5.74, 6) is -0.581. The van der Waals surface area contributed by atoms with Gasteiger partial charge in [0.1, 0.15) is 4.88 Å². The average molecular weight is 397 g/mol. The second kappa shape index (κ2) is 7.30. The molecule has 1 aliphatic heterocycles. The molecule has 0 saturated carbocycles. The van der Waals surface area contributed by atoms with E-state index in [1.165, 1.54) is 28.4 Å². The van der Waals surface area contributed by atoms with E-state index in [1.807, 2.05) is 6.92 Å². The van der Waals surface area contributed by atoms with Gasteiger partial charge in [-0.3, -0.25) is 9.59 Å². The van der Waals surface area contributed by atoms with Crippen LogP contribution in [0, 0.1) is 13.8 Å². The first-order valence-corrected chi connectivity index (χ1v) is 9.18. The Morgan fingerprint density at radius 1 is 1.04 bits per heavy atom. The van der Waals surface area contributed by atoms with Crippen LogP contribution in [-0.2, 0) is 6.18 Å². The molecule has 1 aliphatic rings. The summed E-state index contributed by atoms with van der Waals surface area (Å²) in [6.07, 6.45) is -4.49. The Morgan fingerprint density at radius 3 is 2.15 bits per heavy atom. The number of rotatable bonds is 2. The second-order valence-corrected chi connectivity index (χ2v) is 7.51. The van der Waals surface area contributed by atoms with Crippen LogP contribution in [0.4, 0.5) is 13.2 Å². The molecule has 1 aromatic heterocycles. The first-order chi connectivity index (χ1) is 12.7. The summed E-state index contributed by atoms with van der Waals surface area (Å²) in [5, 5.41) is 0.814. The monoisotopic (exact) mass is 397 g/mol. The van der Waals surface area contributed by atoms with Gasteiger partial charge in [-0.15, -0.1) is 11.3 Å². The molecule has 0 bridgehead atoms. The van der Waals surface area contributed by atoms with Crippen LogP contribution in [0.2, 0.25) is 0 Å². The van der Waals surface area contributed by atoms with E-state index in [9.17, 15) is 22.8 Å². The number of amides is 2. The van der Waals surface area contributed by atoms with Crippen molar-refractivity contribution in [3.63, 3.8) is 0 Å². The molecule has 3 rings (SSSR count). The summed E-state index contributed by atoms with van der Waals surface area (Å²) in [5.41, 5.74) is -0.165. The number of hydrogen-bond acceptors (Lipinski definition) is 4. The van der Waals surface area contributed by atoms with Crippen LogP contribution >= 0.6 is 11.3 Å². The maximum Gasteiger partial charge on any atom is 0.416 e. The molecule has 2 amide bonds. The van der Waals surface area contributed by atoms with Gasteiger partial charge in [0.25, 0.3) is 11.8 Å². The third-order valence-electron chi connectivity index (χ3n) is 4.39. The zero-order valence-electron chi connectivity index (χ0n) is 14.8. The van der Waals surface area contributed by atoms with Crippen molar-refractivity contribution in [1.82, 2.24) is 14.8 Å². The zero-order chi connectivity index (χ0) is 19.8. The lowest BCUT2D eigenvalue weighted by molar-refractivity contribution is -0.137. The fourth-order valence-electron chi connectivity index (χ4n) is 3.00. The highest BCUT2D eigenvalue weighted by atomic mass is 32.1. The van der Waals surface area contributed by atoms with Gasteiger partial charge in [0.15, 0.2) is 0 Å². The minimum atomic E-state index is -4.49. The number of carbonyl (C=O) groups excluding carboxylic acids is 2. The average Bonchev–Trinajstić information content (AvgIpc) is 2.98. The Bertz CT molecular complexity index is 871. The molecular weight excluding hydrogens is 379 g/mol.